The topological polar surface area (TPSA) is 90.9 Å². The van der Waals surface area contributed by atoms with Gasteiger partial charge in [0, 0.05) is 30.6 Å². The second-order valence-corrected chi connectivity index (χ2v) is 8.72. The minimum absolute atomic E-state index is 0.0242. The first-order valence-corrected chi connectivity index (χ1v) is 11.1. The molecule has 1 saturated carbocycles. The number of benzene rings is 1. The Morgan fingerprint density at radius 2 is 2.03 bits per heavy atom. The third kappa shape index (κ3) is 5.13. The van der Waals surface area contributed by atoms with Crippen LogP contribution in [0.2, 0.25) is 0 Å². The first-order chi connectivity index (χ1) is 14.4. The average molecular weight is 418 g/mol. The Morgan fingerprint density at radius 3 is 2.70 bits per heavy atom. The Morgan fingerprint density at radius 1 is 1.30 bits per heavy atom. The molecule has 1 aromatic carbocycles. The van der Waals surface area contributed by atoms with Crippen molar-refractivity contribution in [2.45, 2.75) is 58.1 Å². The number of nitrogens with zero attached hydrogens (tertiary/aromatic N) is 1. The Hall–Kier alpha value is -2.12. The van der Waals surface area contributed by atoms with Crippen molar-refractivity contribution in [1.82, 2.24) is 10.2 Å². The summed E-state index contributed by atoms with van der Waals surface area (Å²) >= 11 is 0. The summed E-state index contributed by atoms with van der Waals surface area (Å²) in [5, 5.41) is 15.8. The van der Waals surface area contributed by atoms with E-state index in [0.717, 1.165) is 25.7 Å². The second-order valence-electron chi connectivity index (χ2n) is 8.72. The maximum absolute atomic E-state index is 13.3. The van der Waals surface area contributed by atoms with E-state index < -0.39 is 0 Å². The summed E-state index contributed by atoms with van der Waals surface area (Å²) in [6.45, 7) is 4.93. The number of amides is 2. The maximum Gasteiger partial charge on any atom is 0.258 e. The largest absolute Gasteiger partial charge is 0.488 e. The van der Waals surface area contributed by atoms with E-state index in [4.69, 9.17) is 4.74 Å². The van der Waals surface area contributed by atoms with Gasteiger partial charge >= 0.3 is 0 Å². The molecule has 1 heterocycles. The van der Waals surface area contributed by atoms with Crippen LogP contribution in [0.5, 0.6) is 5.75 Å². The molecule has 0 unspecified atom stereocenters. The molecule has 0 saturated heterocycles. The molecule has 3 N–H and O–H groups in total. The fraction of sp³-hybridized carbons (Fsp3) is 0.652. The molecule has 2 amide bonds. The van der Waals surface area contributed by atoms with Gasteiger partial charge in [-0.3, -0.25) is 9.59 Å². The molecule has 7 nitrogen and oxygen atoms in total. The smallest absolute Gasteiger partial charge is 0.258 e. The quantitative estimate of drug-likeness (QED) is 0.662. The minimum Gasteiger partial charge on any atom is -0.488 e. The summed E-state index contributed by atoms with van der Waals surface area (Å²) < 4.78 is 6.21. The molecule has 166 valence electrons. The lowest BCUT2D eigenvalue weighted by atomic mass is 9.88. The fourth-order valence-electron chi connectivity index (χ4n) is 4.35. The van der Waals surface area contributed by atoms with E-state index in [2.05, 4.69) is 17.6 Å². The van der Waals surface area contributed by atoms with Gasteiger partial charge in [0.2, 0.25) is 5.91 Å². The van der Waals surface area contributed by atoms with E-state index in [0.29, 0.717) is 30.1 Å². The van der Waals surface area contributed by atoms with Gasteiger partial charge in [-0.05, 0) is 45.0 Å². The molecule has 0 bridgehead atoms. The molecule has 3 atom stereocenters. The van der Waals surface area contributed by atoms with Crippen molar-refractivity contribution in [3.8, 4) is 5.75 Å². The summed E-state index contributed by atoms with van der Waals surface area (Å²) in [6, 6.07) is 4.98. The van der Waals surface area contributed by atoms with Gasteiger partial charge in [0.15, 0.2) is 0 Å². The van der Waals surface area contributed by atoms with E-state index in [1.54, 1.807) is 23.1 Å². The molecule has 1 aliphatic carbocycles. The molecule has 0 radical (unpaired) electrons. The molecule has 1 fully saturated rings. The van der Waals surface area contributed by atoms with Gasteiger partial charge in [0.05, 0.1) is 18.2 Å². The molecular weight excluding hydrogens is 382 g/mol. The summed E-state index contributed by atoms with van der Waals surface area (Å²) in [5.74, 6) is 0.484. The van der Waals surface area contributed by atoms with Crippen molar-refractivity contribution < 1.29 is 19.4 Å². The Kier molecular flexibility index (Phi) is 7.72. The Bertz CT molecular complexity index is 748. The zero-order chi connectivity index (χ0) is 21.7. The summed E-state index contributed by atoms with van der Waals surface area (Å²) in [4.78, 5) is 27.7. The van der Waals surface area contributed by atoms with E-state index >= 15 is 0 Å². The van der Waals surface area contributed by atoms with Gasteiger partial charge in [-0.2, -0.15) is 0 Å². The summed E-state index contributed by atoms with van der Waals surface area (Å²) in [5.41, 5.74) is 1.03. The molecule has 7 heteroatoms. The third-order valence-electron chi connectivity index (χ3n) is 6.31. The van der Waals surface area contributed by atoms with Crippen molar-refractivity contribution in [1.29, 1.82) is 0 Å². The number of rotatable bonds is 6. The Labute approximate surface area is 179 Å². The molecular formula is C23H35N3O4. The van der Waals surface area contributed by atoms with Gasteiger partial charge in [-0.15, -0.1) is 0 Å². The maximum atomic E-state index is 13.3. The number of carbonyl (C=O) groups excluding carboxylic acids is 2. The number of aliphatic hydroxyl groups excluding tert-OH is 1. The number of likely N-dealkylation sites (N-methyl/N-ethyl adjacent to an activating group) is 1. The number of carbonyl (C=O) groups is 2. The van der Waals surface area contributed by atoms with Crippen molar-refractivity contribution in [3.05, 3.63) is 23.8 Å². The van der Waals surface area contributed by atoms with Gasteiger partial charge in [-0.25, -0.2) is 0 Å². The lowest BCUT2D eigenvalue weighted by molar-refractivity contribution is -0.120. The number of anilines is 1. The van der Waals surface area contributed by atoms with E-state index in [9.17, 15) is 14.7 Å². The summed E-state index contributed by atoms with van der Waals surface area (Å²) in [6.07, 6.45) is 5.10. The average Bonchev–Trinajstić information content (AvgIpc) is 2.76. The van der Waals surface area contributed by atoms with Crippen LogP contribution in [-0.2, 0) is 4.79 Å². The van der Waals surface area contributed by atoms with Crippen LogP contribution in [0.1, 0.15) is 56.3 Å². The summed E-state index contributed by atoms with van der Waals surface area (Å²) in [7, 11) is 1.87. The predicted molar refractivity (Wildman–Crippen MR) is 117 cm³/mol. The van der Waals surface area contributed by atoms with Gasteiger partial charge in [0.25, 0.3) is 5.91 Å². The highest BCUT2D eigenvalue weighted by Gasteiger charge is 2.33. The normalized spacial score (nSPS) is 23.7. The SMILES string of the molecule is CNC[C@H]1Oc2ccc(NC(=O)C3CCCCC3)cc2C(=O)N([C@H](C)CO)C[C@H]1C. The van der Waals surface area contributed by atoms with Crippen molar-refractivity contribution in [3.63, 3.8) is 0 Å². The molecule has 1 aliphatic heterocycles. The van der Waals surface area contributed by atoms with Crippen LogP contribution in [0, 0.1) is 11.8 Å². The highest BCUT2D eigenvalue weighted by Crippen LogP contribution is 2.31. The van der Waals surface area contributed by atoms with Crippen LogP contribution in [0.3, 0.4) is 0 Å². The molecule has 30 heavy (non-hydrogen) atoms. The van der Waals surface area contributed by atoms with Crippen LogP contribution in [-0.4, -0.2) is 60.7 Å². The number of nitrogens with one attached hydrogen (secondary N) is 2. The molecule has 2 aliphatic rings. The second kappa shape index (κ2) is 10.3. The van der Waals surface area contributed by atoms with Crippen LogP contribution < -0.4 is 15.4 Å². The highest BCUT2D eigenvalue weighted by molar-refractivity contribution is 6.00. The lowest BCUT2D eigenvalue weighted by Crippen LogP contribution is -2.49. The first kappa shape index (κ1) is 22.6. The first-order valence-electron chi connectivity index (χ1n) is 11.1. The third-order valence-corrected chi connectivity index (χ3v) is 6.31. The van der Waals surface area contributed by atoms with E-state index in [-0.39, 0.29) is 42.4 Å². The number of fused-ring (bicyclic) bond motifs is 1. The fourth-order valence-corrected chi connectivity index (χ4v) is 4.35. The molecule has 0 spiro atoms. The minimum atomic E-state index is -0.304. The van der Waals surface area contributed by atoms with E-state index in [1.807, 2.05) is 14.0 Å². The van der Waals surface area contributed by atoms with Crippen LogP contribution in [0.15, 0.2) is 18.2 Å². The van der Waals surface area contributed by atoms with Crippen LogP contribution >= 0.6 is 0 Å². The standard InChI is InChI=1S/C23H35N3O4/c1-15-13-26(16(2)14-27)23(29)19-11-18(9-10-20(19)30-21(15)12-24-3)25-22(28)17-7-5-4-6-8-17/h9-11,15-17,21,24,27H,4-8,12-14H2,1-3H3,(H,25,28)/t15-,16-,21-/m1/s1. The number of hydrogen-bond acceptors (Lipinski definition) is 5. The zero-order valence-electron chi connectivity index (χ0n) is 18.3. The number of ether oxygens (including phenoxy) is 1. The predicted octanol–water partition coefficient (Wildman–Crippen LogP) is 2.64. The Balaban J connectivity index is 1.89. The van der Waals surface area contributed by atoms with Crippen LogP contribution in [0.4, 0.5) is 5.69 Å². The van der Waals surface area contributed by atoms with Gasteiger partial charge in [0.1, 0.15) is 11.9 Å². The lowest BCUT2D eigenvalue weighted by Gasteiger charge is -2.37. The van der Waals surface area contributed by atoms with Gasteiger partial charge in [-0.1, -0.05) is 26.2 Å². The molecule has 3 rings (SSSR count). The monoisotopic (exact) mass is 417 g/mol. The molecule has 1 aromatic rings. The number of aliphatic hydroxyl groups is 1. The van der Waals surface area contributed by atoms with Crippen molar-refractivity contribution >= 4 is 17.5 Å². The van der Waals surface area contributed by atoms with Crippen molar-refractivity contribution in [2.24, 2.45) is 11.8 Å². The van der Waals surface area contributed by atoms with Crippen LogP contribution in [0.25, 0.3) is 0 Å². The highest BCUT2D eigenvalue weighted by atomic mass is 16.5. The van der Waals surface area contributed by atoms with E-state index in [1.165, 1.54) is 6.42 Å². The van der Waals surface area contributed by atoms with Crippen molar-refractivity contribution in [2.75, 3.05) is 32.1 Å². The van der Waals surface area contributed by atoms with Gasteiger partial charge < -0.3 is 25.4 Å². The molecule has 0 aromatic heterocycles. The zero-order valence-corrected chi connectivity index (χ0v) is 18.3. The number of hydrogen-bond donors (Lipinski definition) is 3.